The Labute approximate surface area is 218 Å². The number of likely N-dealkylation sites (tertiary alicyclic amines) is 1. The molecule has 0 radical (unpaired) electrons. The molecule has 1 aliphatic heterocycles. The van der Waals surface area contributed by atoms with Crippen molar-refractivity contribution < 1.29 is 19.1 Å². The molecule has 0 aromatic heterocycles. The van der Waals surface area contributed by atoms with E-state index >= 15 is 0 Å². The van der Waals surface area contributed by atoms with Crippen LogP contribution in [0.2, 0.25) is 0 Å². The Bertz CT molecular complexity index is 1080. The number of nitrogens with zero attached hydrogens (tertiary/aromatic N) is 2. The zero-order valence-electron chi connectivity index (χ0n) is 21.4. The maximum absolute atomic E-state index is 13.1. The van der Waals surface area contributed by atoms with Crippen LogP contribution >= 0.6 is 0 Å². The third-order valence-corrected chi connectivity index (χ3v) is 6.27. The highest BCUT2D eigenvalue weighted by Crippen LogP contribution is 2.23. The summed E-state index contributed by atoms with van der Waals surface area (Å²) in [6, 6.07) is 21.0. The number of carbonyl (C=O) groups excluding carboxylic acids is 3. The van der Waals surface area contributed by atoms with Crippen molar-refractivity contribution in [3.63, 3.8) is 0 Å². The fourth-order valence-electron chi connectivity index (χ4n) is 4.14. The molecule has 3 N–H and O–H groups in total. The Morgan fingerprint density at radius 2 is 1.49 bits per heavy atom. The van der Waals surface area contributed by atoms with Gasteiger partial charge in [0.1, 0.15) is 5.54 Å². The average Bonchev–Trinajstić information content (AvgIpc) is 2.91. The molecule has 37 heavy (non-hydrogen) atoms. The fourth-order valence-corrected chi connectivity index (χ4v) is 4.14. The topological polar surface area (TPSA) is 124 Å². The van der Waals surface area contributed by atoms with Crippen molar-refractivity contribution in [3.8, 4) is 6.07 Å². The van der Waals surface area contributed by atoms with E-state index in [-0.39, 0.29) is 31.3 Å². The van der Waals surface area contributed by atoms with Gasteiger partial charge in [0, 0.05) is 39.0 Å². The normalized spacial score (nSPS) is 15.2. The van der Waals surface area contributed by atoms with E-state index in [0.29, 0.717) is 26.1 Å². The summed E-state index contributed by atoms with van der Waals surface area (Å²) in [7, 11) is 0. The molecule has 0 spiro atoms. The number of piperidine rings is 1. The van der Waals surface area contributed by atoms with E-state index in [9.17, 15) is 19.6 Å². The molecule has 1 saturated heterocycles. The zero-order valence-corrected chi connectivity index (χ0v) is 21.4. The second-order valence-electron chi connectivity index (χ2n) is 9.68. The molecular weight excluding hydrogens is 470 g/mol. The Morgan fingerprint density at radius 3 is 2.00 bits per heavy atom. The third kappa shape index (κ3) is 8.53. The molecule has 0 bridgehead atoms. The van der Waals surface area contributed by atoms with Crippen molar-refractivity contribution in [2.45, 2.75) is 57.8 Å². The third-order valence-electron chi connectivity index (χ3n) is 6.27. The van der Waals surface area contributed by atoms with Gasteiger partial charge >= 0.3 is 12.1 Å². The Kier molecular flexibility index (Phi) is 9.90. The summed E-state index contributed by atoms with van der Waals surface area (Å²) >= 11 is 0. The lowest BCUT2D eigenvalue weighted by molar-refractivity contribution is -0.132. The van der Waals surface area contributed by atoms with Crippen LogP contribution in [0.15, 0.2) is 60.7 Å². The molecular formula is C28H35N5O4. The van der Waals surface area contributed by atoms with Crippen LogP contribution in [0.5, 0.6) is 0 Å². The van der Waals surface area contributed by atoms with Crippen molar-refractivity contribution in [2.75, 3.05) is 13.1 Å². The molecule has 4 amide bonds. The van der Waals surface area contributed by atoms with Crippen LogP contribution in [0.4, 0.5) is 9.59 Å². The highest BCUT2D eigenvalue weighted by atomic mass is 16.6. The smallest absolute Gasteiger partial charge is 0.408 e. The largest absolute Gasteiger partial charge is 0.436 e. The van der Waals surface area contributed by atoms with E-state index in [0.717, 1.165) is 11.1 Å². The van der Waals surface area contributed by atoms with Gasteiger partial charge in [0.15, 0.2) is 6.10 Å². The first-order chi connectivity index (χ1) is 17.8. The predicted molar refractivity (Wildman–Crippen MR) is 139 cm³/mol. The summed E-state index contributed by atoms with van der Waals surface area (Å²) < 4.78 is 5.46. The van der Waals surface area contributed by atoms with Crippen LogP contribution in [0, 0.1) is 17.2 Å². The van der Waals surface area contributed by atoms with E-state index in [4.69, 9.17) is 4.74 Å². The Hall–Kier alpha value is -4.06. The van der Waals surface area contributed by atoms with Gasteiger partial charge in [-0.1, -0.05) is 74.5 Å². The quantitative estimate of drug-likeness (QED) is 0.479. The molecule has 9 nitrogen and oxygen atoms in total. The van der Waals surface area contributed by atoms with Gasteiger partial charge in [-0.15, -0.1) is 0 Å². The van der Waals surface area contributed by atoms with Gasteiger partial charge in [0.05, 0.1) is 6.07 Å². The number of alkyl carbamates (subject to hydrolysis) is 1. The number of hydrogen-bond donors (Lipinski definition) is 3. The van der Waals surface area contributed by atoms with Crippen LogP contribution < -0.4 is 16.0 Å². The van der Waals surface area contributed by atoms with E-state index < -0.39 is 23.6 Å². The monoisotopic (exact) mass is 505 g/mol. The maximum Gasteiger partial charge on any atom is 0.408 e. The molecule has 1 fully saturated rings. The van der Waals surface area contributed by atoms with E-state index in [1.54, 1.807) is 4.90 Å². The van der Waals surface area contributed by atoms with Gasteiger partial charge in [0.2, 0.25) is 0 Å². The number of nitriles is 1. The molecule has 1 atom stereocenters. The summed E-state index contributed by atoms with van der Waals surface area (Å²) in [5.41, 5.74) is 0.773. The number of ether oxygens (including phenoxy) is 1. The maximum atomic E-state index is 13.1. The first-order valence-corrected chi connectivity index (χ1v) is 12.6. The van der Waals surface area contributed by atoms with E-state index in [1.807, 2.05) is 74.5 Å². The molecule has 1 heterocycles. The summed E-state index contributed by atoms with van der Waals surface area (Å²) in [6.45, 7) is 5.19. The molecule has 2 aromatic rings. The molecule has 3 rings (SSSR count). The lowest BCUT2D eigenvalue weighted by atomic mass is 9.88. The van der Waals surface area contributed by atoms with Crippen LogP contribution in [0.25, 0.3) is 0 Å². The van der Waals surface area contributed by atoms with Crippen molar-refractivity contribution in [1.82, 2.24) is 20.9 Å². The van der Waals surface area contributed by atoms with E-state index in [2.05, 4.69) is 22.0 Å². The minimum atomic E-state index is -1.13. The number of benzene rings is 2. The number of rotatable bonds is 9. The Morgan fingerprint density at radius 1 is 0.946 bits per heavy atom. The molecule has 9 heteroatoms. The highest BCUT2D eigenvalue weighted by Gasteiger charge is 2.39. The van der Waals surface area contributed by atoms with Crippen LogP contribution in [-0.2, 0) is 22.6 Å². The van der Waals surface area contributed by atoms with Crippen molar-refractivity contribution in [3.05, 3.63) is 71.8 Å². The summed E-state index contributed by atoms with van der Waals surface area (Å²) in [5.74, 6) is -0.419. The van der Waals surface area contributed by atoms with Crippen LogP contribution in [0.3, 0.4) is 0 Å². The second-order valence-corrected chi connectivity index (χ2v) is 9.68. The molecule has 0 unspecified atom stereocenters. The fraction of sp³-hybridized carbons (Fsp3) is 0.429. The van der Waals surface area contributed by atoms with Gasteiger partial charge in [-0.25, -0.2) is 9.59 Å². The van der Waals surface area contributed by atoms with Crippen molar-refractivity contribution in [2.24, 2.45) is 5.92 Å². The number of hydrogen-bond acceptors (Lipinski definition) is 5. The Balaban J connectivity index is 1.53. The summed E-state index contributed by atoms with van der Waals surface area (Å²) in [5, 5.41) is 18.3. The van der Waals surface area contributed by atoms with Crippen LogP contribution in [-0.4, -0.2) is 47.7 Å². The number of carbonyl (C=O) groups is 3. The first kappa shape index (κ1) is 27.5. The van der Waals surface area contributed by atoms with Gasteiger partial charge < -0.3 is 25.6 Å². The molecule has 2 aromatic carbocycles. The first-order valence-electron chi connectivity index (χ1n) is 12.6. The zero-order chi connectivity index (χ0) is 26.7. The lowest BCUT2D eigenvalue weighted by Gasteiger charge is -2.38. The molecule has 0 saturated carbocycles. The summed E-state index contributed by atoms with van der Waals surface area (Å²) in [6.07, 6.45) is -0.848. The van der Waals surface area contributed by atoms with Gasteiger partial charge in [0.25, 0.3) is 5.91 Å². The van der Waals surface area contributed by atoms with Crippen molar-refractivity contribution >= 4 is 18.0 Å². The standard InChI is InChI=1S/C28H35N5O4/c1-21(2)17-24(37-27(36)31-19-23-11-7-4-8-12-23)25(34)32-28(20-29)13-15-33(16-14-28)26(35)30-18-22-9-5-3-6-10-22/h3-12,21,24H,13-19H2,1-2H3,(H,30,35)(H,31,36)(H,32,34)/t24-/m0/s1. The van der Waals surface area contributed by atoms with E-state index in [1.165, 1.54) is 0 Å². The highest BCUT2D eigenvalue weighted by molar-refractivity contribution is 5.84. The second kappa shape index (κ2) is 13.3. The van der Waals surface area contributed by atoms with Gasteiger partial charge in [-0.05, 0) is 23.5 Å². The minimum absolute atomic E-state index is 0.0888. The SMILES string of the molecule is CC(C)C[C@H](OC(=O)NCc1ccccc1)C(=O)NC1(C#N)CCN(C(=O)NCc2ccccc2)CC1. The van der Waals surface area contributed by atoms with Crippen LogP contribution in [0.1, 0.15) is 44.2 Å². The lowest BCUT2D eigenvalue weighted by Crippen LogP contribution is -2.58. The number of nitrogens with one attached hydrogen (secondary N) is 3. The minimum Gasteiger partial charge on any atom is -0.436 e. The van der Waals surface area contributed by atoms with Gasteiger partial charge in [-0.3, -0.25) is 4.79 Å². The molecule has 1 aliphatic rings. The van der Waals surface area contributed by atoms with Gasteiger partial charge in [-0.2, -0.15) is 5.26 Å². The summed E-state index contributed by atoms with van der Waals surface area (Å²) in [4.78, 5) is 39.8. The molecule has 0 aliphatic carbocycles. The number of urea groups is 1. The van der Waals surface area contributed by atoms with Crippen molar-refractivity contribution in [1.29, 1.82) is 5.26 Å². The predicted octanol–water partition coefficient (Wildman–Crippen LogP) is 3.71. The molecule has 196 valence electrons. The average molecular weight is 506 g/mol. The number of amides is 4.